The van der Waals surface area contributed by atoms with Crippen LogP contribution < -0.4 is 10.6 Å². The maximum absolute atomic E-state index is 12.8. The number of carbonyl (C=O) groups excluding carboxylic acids is 3. The quantitative estimate of drug-likeness (QED) is 0.386. The molecule has 0 atom stereocenters. The summed E-state index contributed by atoms with van der Waals surface area (Å²) in [6.07, 6.45) is 1.48. The SMILES string of the molecule is Cc1cc(C)c(NC(=O)CNC(=O)COC(=O)c2cc(-c3ccco3)nc3onc(C)c23)c(C)c1. The molecule has 0 aliphatic rings. The van der Waals surface area contributed by atoms with Crippen LogP contribution in [0.5, 0.6) is 0 Å². The number of nitrogens with one attached hydrogen (secondary N) is 2. The molecule has 0 spiro atoms. The highest BCUT2D eigenvalue weighted by Crippen LogP contribution is 2.27. The zero-order valence-corrected chi connectivity index (χ0v) is 19.7. The van der Waals surface area contributed by atoms with E-state index in [1.807, 2.05) is 32.9 Å². The number of aryl methyl sites for hydroxylation is 4. The van der Waals surface area contributed by atoms with E-state index < -0.39 is 24.4 Å². The number of fused-ring (bicyclic) bond motifs is 1. The Morgan fingerprint density at radius 3 is 2.46 bits per heavy atom. The summed E-state index contributed by atoms with van der Waals surface area (Å²) in [5.41, 5.74) is 4.75. The molecule has 3 aromatic heterocycles. The monoisotopic (exact) mass is 476 g/mol. The third-order valence-electron chi connectivity index (χ3n) is 5.33. The average Bonchev–Trinajstić information content (AvgIpc) is 3.48. The fourth-order valence-electron chi connectivity index (χ4n) is 3.81. The lowest BCUT2D eigenvalue weighted by Crippen LogP contribution is -2.35. The molecule has 0 unspecified atom stereocenters. The lowest BCUT2D eigenvalue weighted by molar-refractivity contribution is -0.126. The zero-order chi connectivity index (χ0) is 25.1. The molecule has 0 saturated heterocycles. The third kappa shape index (κ3) is 5.21. The molecule has 2 N–H and O–H groups in total. The van der Waals surface area contributed by atoms with Crippen LogP contribution in [0.25, 0.3) is 22.6 Å². The van der Waals surface area contributed by atoms with Crippen LogP contribution in [0.15, 0.2) is 45.5 Å². The predicted molar refractivity (Wildman–Crippen MR) is 127 cm³/mol. The summed E-state index contributed by atoms with van der Waals surface area (Å²) in [5, 5.41) is 9.49. The number of nitrogens with zero attached hydrogens (tertiary/aromatic N) is 2. The molecule has 180 valence electrons. The third-order valence-corrected chi connectivity index (χ3v) is 5.33. The van der Waals surface area contributed by atoms with Gasteiger partial charge in [0.05, 0.1) is 29.5 Å². The second-order valence-electron chi connectivity index (χ2n) is 8.16. The molecular formula is C25H24N4O6. The van der Waals surface area contributed by atoms with Crippen LogP contribution in [0.3, 0.4) is 0 Å². The molecule has 4 rings (SSSR count). The number of furan rings is 1. The van der Waals surface area contributed by atoms with E-state index in [1.165, 1.54) is 12.3 Å². The van der Waals surface area contributed by atoms with Crippen LogP contribution in [0, 0.1) is 27.7 Å². The summed E-state index contributed by atoms with van der Waals surface area (Å²) in [5.74, 6) is -1.34. The Morgan fingerprint density at radius 1 is 1.03 bits per heavy atom. The highest BCUT2D eigenvalue weighted by molar-refractivity contribution is 6.05. The molecule has 1 aromatic carbocycles. The summed E-state index contributed by atoms with van der Waals surface area (Å²) in [7, 11) is 0. The van der Waals surface area contributed by atoms with Crippen molar-refractivity contribution in [3.63, 3.8) is 0 Å². The van der Waals surface area contributed by atoms with Gasteiger partial charge in [0.15, 0.2) is 12.4 Å². The number of pyridine rings is 1. The molecular weight excluding hydrogens is 452 g/mol. The lowest BCUT2D eigenvalue weighted by Gasteiger charge is -2.13. The molecule has 0 fully saturated rings. The second kappa shape index (κ2) is 9.80. The number of amides is 2. The number of esters is 1. The molecule has 3 heterocycles. The van der Waals surface area contributed by atoms with Gasteiger partial charge in [-0.25, -0.2) is 9.78 Å². The van der Waals surface area contributed by atoms with Crippen molar-refractivity contribution in [1.82, 2.24) is 15.5 Å². The Balaban J connectivity index is 1.38. The minimum Gasteiger partial charge on any atom is -0.463 e. The van der Waals surface area contributed by atoms with Crippen LogP contribution in [0.1, 0.15) is 32.7 Å². The van der Waals surface area contributed by atoms with Gasteiger partial charge in [0.25, 0.3) is 11.6 Å². The second-order valence-corrected chi connectivity index (χ2v) is 8.16. The summed E-state index contributed by atoms with van der Waals surface area (Å²) in [6, 6.07) is 8.79. The molecule has 0 radical (unpaired) electrons. The Hall–Kier alpha value is -4.47. The number of benzene rings is 1. The standard InChI is InChI=1S/C25H24N4O6/c1-13-8-14(2)23(15(3)9-13)28-20(30)11-26-21(31)12-34-25(32)17-10-18(19-6-5-7-33-19)27-24-22(17)16(4)29-35-24/h5-10H,11-12H2,1-4H3,(H,26,31)(H,28,30). The van der Waals surface area contributed by atoms with Gasteiger partial charge in [0.1, 0.15) is 5.69 Å². The highest BCUT2D eigenvalue weighted by Gasteiger charge is 2.22. The van der Waals surface area contributed by atoms with Gasteiger partial charge in [-0.15, -0.1) is 0 Å². The minimum absolute atomic E-state index is 0.135. The summed E-state index contributed by atoms with van der Waals surface area (Å²) in [6.45, 7) is 6.61. The van der Waals surface area contributed by atoms with Gasteiger partial charge >= 0.3 is 5.97 Å². The Bertz CT molecular complexity index is 1400. The molecule has 10 nitrogen and oxygen atoms in total. The van der Waals surface area contributed by atoms with E-state index in [2.05, 4.69) is 20.8 Å². The van der Waals surface area contributed by atoms with E-state index in [-0.39, 0.29) is 17.8 Å². The van der Waals surface area contributed by atoms with Crippen LogP contribution in [-0.2, 0) is 14.3 Å². The number of rotatable bonds is 7. The fourth-order valence-corrected chi connectivity index (χ4v) is 3.81. The number of hydrogen-bond donors (Lipinski definition) is 2. The first-order valence-corrected chi connectivity index (χ1v) is 10.9. The maximum Gasteiger partial charge on any atom is 0.339 e. The largest absolute Gasteiger partial charge is 0.463 e. The van der Waals surface area contributed by atoms with Crippen molar-refractivity contribution >= 4 is 34.6 Å². The van der Waals surface area contributed by atoms with E-state index >= 15 is 0 Å². The highest BCUT2D eigenvalue weighted by atomic mass is 16.5. The number of anilines is 1. The fraction of sp³-hybridized carbons (Fsp3) is 0.240. The van der Waals surface area contributed by atoms with E-state index in [1.54, 1.807) is 19.1 Å². The van der Waals surface area contributed by atoms with E-state index in [0.29, 0.717) is 28.2 Å². The van der Waals surface area contributed by atoms with E-state index in [0.717, 1.165) is 16.7 Å². The van der Waals surface area contributed by atoms with Crippen molar-refractivity contribution in [2.45, 2.75) is 27.7 Å². The molecule has 35 heavy (non-hydrogen) atoms. The van der Waals surface area contributed by atoms with Crippen molar-refractivity contribution in [3.8, 4) is 11.5 Å². The van der Waals surface area contributed by atoms with E-state index in [4.69, 9.17) is 13.7 Å². The molecule has 2 amide bonds. The van der Waals surface area contributed by atoms with Gasteiger partial charge in [-0.2, -0.15) is 0 Å². The first kappa shape index (κ1) is 23.7. The van der Waals surface area contributed by atoms with Gasteiger partial charge in [0, 0.05) is 5.69 Å². The summed E-state index contributed by atoms with van der Waals surface area (Å²) in [4.78, 5) is 41.7. The van der Waals surface area contributed by atoms with Crippen molar-refractivity contribution < 1.29 is 28.1 Å². The predicted octanol–water partition coefficient (Wildman–Crippen LogP) is 3.63. The van der Waals surface area contributed by atoms with Gasteiger partial charge < -0.3 is 24.3 Å². The Morgan fingerprint density at radius 2 is 1.77 bits per heavy atom. The number of ether oxygens (including phenoxy) is 1. The van der Waals surface area contributed by atoms with Crippen molar-refractivity contribution in [1.29, 1.82) is 0 Å². The van der Waals surface area contributed by atoms with Crippen LogP contribution in [0.4, 0.5) is 5.69 Å². The van der Waals surface area contributed by atoms with Crippen LogP contribution >= 0.6 is 0 Å². The Labute approximate surface area is 200 Å². The van der Waals surface area contributed by atoms with Gasteiger partial charge in [-0.1, -0.05) is 22.9 Å². The smallest absolute Gasteiger partial charge is 0.339 e. The minimum atomic E-state index is -0.762. The van der Waals surface area contributed by atoms with Crippen LogP contribution in [0.2, 0.25) is 0 Å². The van der Waals surface area contributed by atoms with Crippen molar-refractivity contribution in [2.24, 2.45) is 0 Å². The first-order valence-electron chi connectivity index (χ1n) is 10.9. The maximum atomic E-state index is 12.8. The zero-order valence-electron chi connectivity index (χ0n) is 19.7. The van der Waals surface area contributed by atoms with Crippen molar-refractivity contribution in [3.05, 3.63) is 64.5 Å². The lowest BCUT2D eigenvalue weighted by atomic mass is 10.1. The average molecular weight is 476 g/mol. The molecule has 10 heteroatoms. The normalized spacial score (nSPS) is 10.9. The Kier molecular flexibility index (Phi) is 6.63. The van der Waals surface area contributed by atoms with Gasteiger partial charge in [-0.05, 0) is 57.0 Å². The number of carbonyl (C=O) groups is 3. The topological polar surface area (TPSA) is 137 Å². The molecule has 0 aliphatic heterocycles. The molecule has 4 aromatic rings. The summed E-state index contributed by atoms with van der Waals surface area (Å²) < 4.78 is 15.7. The van der Waals surface area contributed by atoms with Crippen LogP contribution in [-0.4, -0.2) is 41.1 Å². The van der Waals surface area contributed by atoms with E-state index in [9.17, 15) is 14.4 Å². The van der Waals surface area contributed by atoms with Gasteiger partial charge in [0.2, 0.25) is 5.91 Å². The van der Waals surface area contributed by atoms with Crippen molar-refractivity contribution in [2.75, 3.05) is 18.5 Å². The van der Waals surface area contributed by atoms with Gasteiger partial charge in [-0.3, -0.25) is 9.59 Å². The summed E-state index contributed by atoms with van der Waals surface area (Å²) >= 11 is 0. The molecule has 0 aliphatic carbocycles. The molecule has 0 bridgehead atoms. The number of aromatic nitrogens is 2. The first-order chi connectivity index (χ1) is 16.7. The number of hydrogen-bond acceptors (Lipinski definition) is 8. The molecule has 0 saturated carbocycles.